The lowest BCUT2D eigenvalue weighted by molar-refractivity contribution is -0.121. The number of nitrogens with one attached hydrogen (secondary N) is 1. The molecule has 1 fully saturated rings. The second-order valence-corrected chi connectivity index (χ2v) is 7.98. The van der Waals surface area contributed by atoms with Crippen LogP contribution in [0.15, 0.2) is 23.1 Å². The van der Waals surface area contributed by atoms with E-state index in [4.69, 9.17) is 4.74 Å². The van der Waals surface area contributed by atoms with Gasteiger partial charge in [0.25, 0.3) is 0 Å². The predicted octanol–water partition coefficient (Wildman–Crippen LogP) is 1.22. The van der Waals surface area contributed by atoms with Crippen molar-refractivity contribution in [1.82, 2.24) is 9.62 Å². The maximum atomic E-state index is 12.6. The molecule has 0 radical (unpaired) electrons. The highest BCUT2D eigenvalue weighted by Crippen LogP contribution is 2.20. The minimum Gasteiger partial charge on any atom is -0.376 e. The van der Waals surface area contributed by atoms with Gasteiger partial charge in [-0.2, -0.15) is 4.31 Å². The van der Waals surface area contributed by atoms with E-state index in [2.05, 4.69) is 5.32 Å². The van der Waals surface area contributed by atoms with Gasteiger partial charge in [0.05, 0.1) is 17.5 Å². The summed E-state index contributed by atoms with van der Waals surface area (Å²) in [6, 6.07) is 5.27. The summed E-state index contributed by atoms with van der Waals surface area (Å²) in [6.07, 6.45) is 1.97. The zero-order valence-corrected chi connectivity index (χ0v) is 14.6. The van der Waals surface area contributed by atoms with Gasteiger partial charge in [-0.25, -0.2) is 8.42 Å². The highest BCUT2D eigenvalue weighted by Gasteiger charge is 2.25. The standard InChI is InChI=1S/C16H24N2O4S/c1-12-6-7-13(2)15(9-12)23(20,21)18(3)11-16(19)17-10-14-5-4-8-22-14/h6-7,9,14H,4-5,8,10-11H2,1-3H3,(H,17,19)/t14-/m0/s1. The van der Waals surface area contributed by atoms with Crippen LogP contribution >= 0.6 is 0 Å². The van der Waals surface area contributed by atoms with Crippen LogP contribution in [0.5, 0.6) is 0 Å². The van der Waals surface area contributed by atoms with E-state index in [0.717, 1.165) is 29.3 Å². The molecule has 1 aromatic carbocycles. The Kier molecular flexibility index (Phi) is 5.78. The van der Waals surface area contributed by atoms with Crippen molar-refractivity contribution < 1.29 is 17.9 Å². The lowest BCUT2D eigenvalue weighted by Gasteiger charge is -2.19. The number of carbonyl (C=O) groups is 1. The molecule has 1 saturated heterocycles. The molecule has 1 aliphatic heterocycles. The van der Waals surface area contributed by atoms with E-state index in [1.54, 1.807) is 19.1 Å². The molecule has 1 amide bonds. The number of aryl methyl sites for hydroxylation is 2. The second kappa shape index (κ2) is 7.42. The molecule has 1 aliphatic rings. The van der Waals surface area contributed by atoms with Gasteiger partial charge in [0, 0.05) is 20.2 Å². The van der Waals surface area contributed by atoms with Crippen LogP contribution in [-0.4, -0.2) is 51.5 Å². The van der Waals surface area contributed by atoms with Gasteiger partial charge in [0.2, 0.25) is 15.9 Å². The van der Waals surface area contributed by atoms with Crippen LogP contribution < -0.4 is 5.32 Å². The lowest BCUT2D eigenvalue weighted by Crippen LogP contribution is -2.41. The molecule has 0 unspecified atom stereocenters. The SMILES string of the molecule is Cc1ccc(C)c(S(=O)(=O)N(C)CC(=O)NC[C@@H]2CCCO2)c1. The van der Waals surface area contributed by atoms with Gasteiger partial charge < -0.3 is 10.1 Å². The van der Waals surface area contributed by atoms with Gasteiger partial charge >= 0.3 is 0 Å². The Morgan fingerprint density at radius 2 is 2.13 bits per heavy atom. The van der Waals surface area contributed by atoms with E-state index in [1.165, 1.54) is 7.05 Å². The van der Waals surface area contributed by atoms with Crippen LogP contribution in [0.2, 0.25) is 0 Å². The third-order valence-corrected chi connectivity index (χ3v) is 5.89. The van der Waals surface area contributed by atoms with Gasteiger partial charge in [-0.15, -0.1) is 0 Å². The number of rotatable bonds is 6. The zero-order valence-electron chi connectivity index (χ0n) is 13.8. The fourth-order valence-electron chi connectivity index (χ4n) is 2.53. The second-order valence-electron chi connectivity index (χ2n) is 5.97. The molecule has 23 heavy (non-hydrogen) atoms. The van der Waals surface area contributed by atoms with Crippen molar-refractivity contribution in [3.05, 3.63) is 29.3 Å². The molecule has 6 nitrogen and oxygen atoms in total. The molecule has 1 N–H and O–H groups in total. The monoisotopic (exact) mass is 340 g/mol. The fraction of sp³-hybridized carbons (Fsp3) is 0.562. The number of likely N-dealkylation sites (N-methyl/N-ethyl adjacent to an activating group) is 1. The summed E-state index contributed by atoms with van der Waals surface area (Å²) >= 11 is 0. The third-order valence-electron chi connectivity index (χ3n) is 3.95. The third kappa shape index (κ3) is 4.53. The number of nitrogens with zero attached hydrogens (tertiary/aromatic N) is 1. The summed E-state index contributed by atoms with van der Waals surface area (Å²) in [4.78, 5) is 12.2. The van der Waals surface area contributed by atoms with Gasteiger partial charge in [0.15, 0.2) is 0 Å². The molecule has 128 valence electrons. The van der Waals surface area contributed by atoms with Crippen molar-refractivity contribution in [1.29, 1.82) is 0 Å². The molecule has 0 spiro atoms. The van der Waals surface area contributed by atoms with Gasteiger partial charge in [-0.05, 0) is 43.9 Å². The fourth-order valence-corrected chi connectivity index (χ4v) is 3.96. The number of hydrogen-bond donors (Lipinski definition) is 1. The minimum absolute atomic E-state index is 0.0416. The van der Waals surface area contributed by atoms with E-state index in [9.17, 15) is 13.2 Å². The number of amides is 1. The van der Waals surface area contributed by atoms with Gasteiger partial charge in [0.1, 0.15) is 0 Å². The summed E-state index contributed by atoms with van der Waals surface area (Å²) in [5.41, 5.74) is 1.53. The smallest absolute Gasteiger partial charge is 0.243 e. The van der Waals surface area contributed by atoms with Gasteiger partial charge in [-0.3, -0.25) is 4.79 Å². The zero-order chi connectivity index (χ0) is 17.0. The Morgan fingerprint density at radius 1 is 1.39 bits per heavy atom. The van der Waals surface area contributed by atoms with Crippen LogP contribution in [0, 0.1) is 13.8 Å². The molecule has 1 aromatic rings. The molecule has 0 aromatic heterocycles. The molecule has 0 aliphatic carbocycles. The minimum atomic E-state index is -3.68. The predicted molar refractivity (Wildman–Crippen MR) is 87.7 cm³/mol. The summed E-state index contributed by atoms with van der Waals surface area (Å²) in [5, 5.41) is 2.74. The Morgan fingerprint density at radius 3 is 2.78 bits per heavy atom. The maximum Gasteiger partial charge on any atom is 0.243 e. The van der Waals surface area contributed by atoms with E-state index in [0.29, 0.717) is 12.1 Å². The van der Waals surface area contributed by atoms with E-state index >= 15 is 0 Å². The first-order valence-electron chi connectivity index (χ1n) is 7.72. The Bertz CT molecular complexity index is 667. The molecule has 0 bridgehead atoms. The Labute approximate surface area is 137 Å². The molecular formula is C16H24N2O4S. The van der Waals surface area contributed by atoms with Crippen molar-refractivity contribution in [2.24, 2.45) is 0 Å². The Balaban J connectivity index is 1.99. The normalized spacial score (nSPS) is 18.3. The quantitative estimate of drug-likeness (QED) is 0.845. The highest BCUT2D eigenvalue weighted by atomic mass is 32.2. The van der Waals surface area contributed by atoms with Crippen molar-refractivity contribution in [2.75, 3.05) is 26.7 Å². The largest absolute Gasteiger partial charge is 0.376 e. The van der Waals surface area contributed by atoms with Crippen molar-refractivity contribution in [2.45, 2.75) is 37.7 Å². The van der Waals surface area contributed by atoms with Crippen LogP contribution in [0.3, 0.4) is 0 Å². The highest BCUT2D eigenvalue weighted by molar-refractivity contribution is 7.89. The lowest BCUT2D eigenvalue weighted by atomic mass is 10.2. The maximum absolute atomic E-state index is 12.6. The molecule has 0 saturated carbocycles. The van der Waals surface area contributed by atoms with E-state index in [1.807, 2.05) is 13.0 Å². The molecule has 7 heteroatoms. The van der Waals surface area contributed by atoms with Gasteiger partial charge in [-0.1, -0.05) is 12.1 Å². The molecular weight excluding hydrogens is 316 g/mol. The molecule has 1 heterocycles. The average Bonchev–Trinajstić information content (AvgIpc) is 3.00. The summed E-state index contributed by atoms with van der Waals surface area (Å²) in [6.45, 7) is 4.53. The van der Waals surface area contributed by atoms with E-state index in [-0.39, 0.29) is 23.5 Å². The molecule has 1 atom stereocenters. The average molecular weight is 340 g/mol. The number of ether oxygens (including phenoxy) is 1. The van der Waals surface area contributed by atoms with Crippen molar-refractivity contribution in [3.63, 3.8) is 0 Å². The van der Waals surface area contributed by atoms with E-state index < -0.39 is 10.0 Å². The summed E-state index contributed by atoms with van der Waals surface area (Å²) < 4.78 is 31.8. The number of hydrogen-bond acceptors (Lipinski definition) is 4. The van der Waals surface area contributed by atoms with Crippen molar-refractivity contribution in [3.8, 4) is 0 Å². The summed E-state index contributed by atoms with van der Waals surface area (Å²) in [7, 11) is -2.26. The topological polar surface area (TPSA) is 75.7 Å². The van der Waals surface area contributed by atoms with Crippen molar-refractivity contribution >= 4 is 15.9 Å². The first kappa shape index (κ1) is 17.9. The number of carbonyl (C=O) groups excluding carboxylic acids is 1. The number of benzene rings is 1. The van der Waals surface area contributed by atoms with Crippen LogP contribution in [0.1, 0.15) is 24.0 Å². The van der Waals surface area contributed by atoms with Crippen LogP contribution in [-0.2, 0) is 19.6 Å². The number of sulfonamides is 1. The van der Waals surface area contributed by atoms with Crippen LogP contribution in [0.25, 0.3) is 0 Å². The van der Waals surface area contributed by atoms with Crippen LogP contribution in [0.4, 0.5) is 0 Å². The first-order chi connectivity index (χ1) is 10.8. The summed E-state index contributed by atoms with van der Waals surface area (Å²) in [5.74, 6) is -0.322. The first-order valence-corrected chi connectivity index (χ1v) is 9.16. The Hall–Kier alpha value is -1.44. The molecule has 2 rings (SSSR count).